The summed E-state index contributed by atoms with van der Waals surface area (Å²) in [5.41, 5.74) is 8.76. The summed E-state index contributed by atoms with van der Waals surface area (Å²) in [6.07, 6.45) is 21.2. The minimum atomic E-state index is -1.14. The molecule has 0 radical (unpaired) electrons. The van der Waals surface area contributed by atoms with Gasteiger partial charge in [-0.05, 0) is 258 Å². The van der Waals surface area contributed by atoms with Crippen LogP contribution in [0.5, 0.6) is 5.75 Å². The third kappa shape index (κ3) is 11.7. The van der Waals surface area contributed by atoms with Gasteiger partial charge in [-0.1, -0.05) is 111 Å². The molecule has 16 rings (SSSR count). The van der Waals surface area contributed by atoms with Crippen LogP contribution in [0.4, 0.5) is 0 Å². The fourth-order valence-electron chi connectivity index (χ4n) is 19.7. The largest absolute Gasteiger partial charge is 0.508 e. The van der Waals surface area contributed by atoms with Crippen molar-refractivity contribution in [3.63, 3.8) is 0 Å². The summed E-state index contributed by atoms with van der Waals surface area (Å²) in [7, 11) is 2.05. The van der Waals surface area contributed by atoms with Gasteiger partial charge in [-0.25, -0.2) is 9.59 Å². The molecule has 6 heterocycles. The van der Waals surface area contributed by atoms with E-state index in [0.717, 1.165) is 143 Å². The predicted octanol–water partition coefficient (Wildman–Crippen LogP) is 12.4. The summed E-state index contributed by atoms with van der Waals surface area (Å²) in [5, 5.41) is 62.7. The van der Waals surface area contributed by atoms with Gasteiger partial charge in [-0.2, -0.15) is 0 Å². The van der Waals surface area contributed by atoms with Crippen LogP contribution in [-0.2, 0) is 44.9 Å². The number of carbonyl (C=O) groups is 2. The number of aromatic hydroxyl groups is 1. The zero-order valence-electron chi connectivity index (χ0n) is 53.9. The molecular formula is C79H96N4O8. The lowest BCUT2D eigenvalue weighted by Gasteiger charge is -2.56. The van der Waals surface area contributed by atoms with Crippen molar-refractivity contribution in [3.05, 3.63) is 165 Å². The number of benzene rings is 4. The summed E-state index contributed by atoms with van der Waals surface area (Å²) in [5.74, 6) is 7.83. The summed E-state index contributed by atoms with van der Waals surface area (Å²) in [6, 6.07) is 31.6. The topological polar surface area (TPSA) is 182 Å². The maximum Gasteiger partial charge on any atom is 0.340 e. The molecule has 480 valence electrons. The molecule has 14 bridgehead atoms. The molecular weight excluding hydrogens is 1130 g/mol. The zero-order valence-corrected chi connectivity index (χ0v) is 53.9. The Bertz CT molecular complexity index is 3620. The Hall–Kier alpha value is -6.14. The van der Waals surface area contributed by atoms with E-state index in [2.05, 4.69) is 126 Å². The number of esters is 2. The van der Waals surface area contributed by atoms with Gasteiger partial charge in [0.25, 0.3) is 0 Å². The maximum absolute atomic E-state index is 15.6. The molecule has 12 nitrogen and oxygen atoms in total. The SMILES string of the molecule is CC[C@H](/C=C1\OC(=O)C2=C3c4cc(O)ccc4-c4cccc(c4)CNCCc4ccc(CCCO)c(c4)[C@@H]4NC[C@@](C)(O)CC#C[C@H](C5(O)CCCCC5)C[C@@H]5C[C@@]([C@@H]6CCN[C@@H](NC)C6)(CC=C6OC(=O)C7=C6CC[C@H]6[C@H]3CC[C@@]21[C@@H]76)C[C@H]54)Cc1ccccc1. The van der Waals surface area contributed by atoms with Gasteiger partial charge in [0.15, 0.2) is 0 Å². The molecule has 3 saturated carbocycles. The predicted molar refractivity (Wildman–Crippen MR) is 355 cm³/mol. The van der Waals surface area contributed by atoms with Crippen molar-refractivity contribution >= 4 is 17.5 Å². The summed E-state index contributed by atoms with van der Waals surface area (Å²) < 4.78 is 13.7. The number of hydrogen-bond donors (Lipinski definition) is 8. The molecule has 0 aromatic heterocycles. The average molecular weight is 1230 g/mol. The van der Waals surface area contributed by atoms with Gasteiger partial charge in [-0.3, -0.25) is 0 Å². The summed E-state index contributed by atoms with van der Waals surface area (Å²) in [4.78, 5) is 31.1. The van der Waals surface area contributed by atoms with Crippen LogP contribution >= 0.6 is 0 Å². The van der Waals surface area contributed by atoms with Crippen molar-refractivity contribution in [2.45, 2.75) is 179 Å². The summed E-state index contributed by atoms with van der Waals surface area (Å²) >= 11 is 0. The Kier molecular flexibility index (Phi) is 17.6. The van der Waals surface area contributed by atoms with Gasteiger partial charge in [0, 0.05) is 55.1 Å². The molecule has 0 unspecified atom stereocenters. The third-order valence-corrected chi connectivity index (χ3v) is 24.2. The second-order valence-electron chi connectivity index (χ2n) is 29.7. The third-order valence-electron chi connectivity index (χ3n) is 24.2. The summed E-state index contributed by atoms with van der Waals surface area (Å²) in [6.45, 7) is 6.75. The fourth-order valence-corrected chi connectivity index (χ4v) is 19.7. The molecule has 2 saturated heterocycles. The van der Waals surface area contributed by atoms with Crippen LogP contribution in [0.25, 0.3) is 16.7 Å². The van der Waals surface area contributed by atoms with E-state index < -0.39 is 16.6 Å². The number of cyclic esters (lactones) is 1. The number of aryl methyl sites for hydroxylation is 1. The van der Waals surface area contributed by atoms with Crippen molar-refractivity contribution in [1.29, 1.82) is 0 Å². The second-order valence-corrected chi connectivity index (χ2v) is 29.7. The smallest absolute Gasteiger partial charge is 0.340 e. The first kappa shape index (κ1) is 62.3. The minimum Gasteiger partial charge on any atom is -0.508 e. The molecule has 1 spiro atoms. The highest BCUT2D eigenvalue weighted by atomic mass is 16.6. The number of hydrogen-bond acceptors (Lipinski definition) is 12. The number of phenols is 1. The van der Waals surface area contributed by atoms with E-state index >= 15 is 9.59 Å². The number of allylic oxidation sites excluding steroid dienone is 5. The number of phenolic OH excluding ortho intramolecular Hbond substituents is 1. The van der Waals surface area contributed by atoms with Gasteiger partial charge in [-0.15, -0.1) is 0 Å². The fraction of sp³-hybridized carbons (Fsp3) is 0.544. The normalized spacial score (nSPS) is 33.6. The highest BCUT2D eigenvalue weighted by molar-refractivity contribution is 6.07. The number of aliphatic hydroxyl groups excluding tert-OH is 1. The number of ether oxygens (including phenoxy) is 2. The van der Waals surface area contributed by atoms with E-state index in [-0.39, 0.29) is 83.3 Å². The van der Waals surface area contributed by atoms with Gasteiger partial charge >= 0.3 is 11.9 Å². The van der Waals surface area contributed by atoms with Gasteiger partial charge in [0.1, 0.15) is 17.3 Å². The van der Waals surface area contributed by atoms with E-state index in [4.69, 9.17) is 9.47 Å². The van der Waals surface area contributed by atoms with Crippen molar-refractivity contribution in [2.75, 3.05) is 33.3 Å². The van der Waals surface area contributed by atoms with E-state index in [1.807, 2.05) is 25.1 Å². The number of carbonyl (C=O) groups excluding carboxylic acids is 2. The molecule has 6 aliphatic heterocycles. The van der Waals surface area contributed by atoms with Crippen LogP contribution in [0.2, 0.25) is 0 Å². The second kappa shape index (κ2) is 25.6. The Morgan fingerprint density at radius 3 is 2.51 bits per heavy atom. The van der Waals surface area contributed by atoms with Crippen molar-refractivity contribution < 1.29 is 39.5 Å². The molecule has 6 aliphatic carbocycles. The van der Waals surface area contributed by atoms with Crippen LogP contribution < -0.4 is 21.3 Å². The lowest BCUT2D eigenvalue weighted by Crippen LogP contribution is -2.52. The number of fused-ring (bicyclic) bond motifs is 5. The number of piperidine rings is 1. The molecule has 8 N–H and O–H groups in total. The molecule has 12 heteroatoms. The molecule has 0 amide bonds. The van der Waals surface area contributed by atoms with E-state index in [1.165, 1.54) is 22.3 Å². The molecule has 4 aromatic rings. The van der Waals surface area contributed by atoms with Crippen molar-refractivity contribution in [3.8, 4) is 28.7 Å². The minimum absolute atomic E-state index is 0.00593. The monoisotopic (exact) mass is 1230 g/mol. The van der Waals surface area contributed by atoms with Crippen LogP contribution in [0, 0.1) is 70.0 Å². The van der Waals surface area contributed by atoms with Crippen molar-refractivity contribution in [2.24, 2.45) is 58.2 Å². The van der Waals surface area contributed by atoms with Gasteiger partial charge < -0.3 is 51.2 Å². The van der Waals surface area contributed by atoms with Gasteiger partial charge in [0.2, 0.25) is 0 Å². The van der Waals surface area contributed by atoms with Crippen LogP contribution in [0.3, 0.4) is 0 Å². The molecule has 91 heavy (non-hydrogen) atoms. The Morgan fingerprint density at radius 1 is 0.824 bits per heavy atom. The van der Waals surface area contributed by atoms with Crippen LogP contribution in [-0.4, -0.2) is 83.0 Å². The van der Waals surface area contributed by atoms with Gasteiger partial charge in [0.05, 0.1) is 28.4 Å². The number of nitrogens with one attached hydrogen (secondary N) is 4. The Balaban J connectivity index is 0.962. The zero-order chi connectivity index (χ0) is 62.7. The van der Waals surface area contributed by atoms with Crippen LogP contribution in [0.15, 0.2) is 131 Å². The van der Waals surface area contributed by atoms with Crippen molar-refractivity contribution in [1.82, 2.24) is 21.3 Å². The highest BCUT2D eigenvalue weighted by Gasteiger charge is 2.69. The lowest BCUT2D eigenvalue weighted by molar-refractivity contribution is -0.135. The number of β-amino-alcohol motifs (C(OH)–C–C–N with tert-alkyl or cyclic N) is 1. The van der Waals surface area contributed by atoms with E-state index in [1.54, 1.807) is 6.07 Å². The Morgan fingerprint density at radius 2 is 1.68 bits per heavy atom. The Labute approximate surface area is 539 Å². The molecule has 4 aromatic carbocycles. The van der Waals surface area contributed by atoms with E-state index in [0.29, 0.717) is 80.2 Å². The quantitative estimate of drug-likeness (QED) is 0.0557. The lowest BCUT2D eigenvalue weighted by atomic mass is 9.44. The number of aliphatic hydroxyl groups is 3. The highest BCUT2D eigenvalue weighted by Crippen LogP contribution is 2.72. The average Bonchev–Trinajstić information content (AvgIpc) is 1.61. The standard InChI is InChI=1S/C79H96N4O8/c1-4-49(38-50-14-7-5-8-15-50)41-67-79-34-26-60-61-24-25-62-66(90-74(86)70(62)71(61)79)27-33-77(56-29-36-82-68(43-56)80-3)45-55-42-57(78(89)31-9-6-10-32-78)19-12-30-76(2,88)48-83-73(65(55)46-77)63-40-51(20-21-53(63)18-13-37-84)28-35-81-47-52-16-11-17-54(39-52)59-23-22-58(85)44-64(59)69(60)72(79)75(87)91-67/h5,7-8,11,14-17,20-23,27,39-41,44,49,55-57,60-61,65,68,71,73,80-85,88-89H,4,6,9-10,13,18,24-26,28-38,42-43,45-48H2,1-3H3/b66-27?,67-41-/t49-,55+,56+,57-,60+,61-,65+,68+,71+,73-,76-,77-,79+/m0/s1. The first-order valence-electron chi connectivity index (χ1n) is 35.0. The van der Waals surface area contributed by atoms with E-state index in [9.17, 15) is 20.4 Å². The first-order valence-corrected chi connectivity index (χ1v) is 35.0. The number of rotatable bonds is 10. The molecule has 5 fully saturated rings. The first-order chi connectivity index (χ1) is 44.2. The molecule has 13 atom stereocenters. The molecule has 12 aliphatic rings. The van der Waals surface area contributed by atoms with Crippen LogP contribution in [0.1, 0.15) is 169 Å². The maximum atomic E-state index is 15.6.